The Balaban J connectivity index is 2.21. The molecule has 1 aliphatic rings. The van der Waals surface area contributed by atoms with Gasteiger partial charge in [-0.25, -0.2) is 15.0 Å². The van der Waals surface area contributed by atoms with Gasteiger partial charge in [-0.1, -0.05) is 0 Å². The van der Waals surface area contributed by atoms with Crippen LogP contribution in [-0.4, -0.2) is 71.5 Å². The van der Waals surface area contributed by atoms with Gasteiger partial charge in [-0.05, 0) is 6.92 Å². The molecule has 1 aliphatic heterocycles. The molecule has 22 heavy (non-hydrogen) atoms. The van der Waals surface area contributed by atoms with E-state index in [0.29, 0.717) is 21.4 Å². The Labute approximate surface area is 129 Å². The lowest BCUT2D eigenvalue weighted by atomic mass is 9.95. The molecular weight excluding hydrogens is 306 g/mol. The summed E-state index contributed by atoms with van der Waals surface area (Å²) in [6, 6.07) is 0. The van der Waals surface area contributed by atoms with Crippen molar-refractivity contribution in [2.24, 2.45) is 0 Å². The quantitative estimate of drug-likeness (QED) is 0.530. The van der Waals surface area contributed by atoms with Gasteiger partial charge in [0.2, 0.25) is 0 Å². The summed E-state index contributed by atoms with van der Waals surface area (Å²) in [4.78, 5) is 12.4. The van der Waals surface area contributed by atoms with Crippen molar-refractivity contribution in [2.45, 2.75) is 30.1 Å². The van der Waals surface area contributed by atoms with Gasteiger partial charge in [-0.3, -0.25) is 4.57 Å². The van der Waals surface area contributed by atoms with E-state index in [-0.39, 0.29) is 12.4 Å². The Morgan fingerprint density at radius 3 is 2.86 bits per heavy atom. The minimum Gasteiger partial charge on any atom is -0.394 e. The van der Waals surface area contributed by atoms with Crippen LogP contribution in [0.3, 0.4) is 0 Å². The van der Waals surface area contributed by atoms with Crippen molar-refractivity contribution in [1.29, 1.82) is 0 Å². The smallest absolute Gasteiger partial charge is 0.167 e. The molecule has 9 nitrogen and oxygen atoms in total. The van der Waals surface area contributed by atoms with Crippen molar-refractivity contribution >= 4 is 27.2 Å². The Morgan fingerprint density at radius 2 is 2.23 bits per heavy atom. The minimum atomic E-state index is -1.06. The van der Waals surface area contributed by atoms with Gasteiger partial charge in [-0.15, -0.1) is 0 Å². The summed E-state index contributed by atoms with van der Waals surface area (Å²) < 4.78 is 13.3. The predicted octanol–water partition coefficient (Wildman–Crippen LogP) is -2.46. The number of hydrogen-bond donors (Lipinski definition) is 3. The number of nitrogens with zero attached hydrogens (tertiary/aromatic N) is 4. The maximum absolute atomic E-state index is 10.5. The molecule has 0 radical (unpaired) electrons. The van der Waals surface area contributed by atoms with Crippen molar-refractivity contribution < 1.29 is 19.7 Å². The molecule has 1 fully saturated rings. The number of nitrogens with two attached hydrogens (primary N) is 1. The molecule has 4 N–H and O–H groups in total. The summed E-state index contributed by atoms with van der Waals surface area (Å²) in [7, 11) is 1.96. The largest absolute Gasteiger partial charge is 0.394 e. The number of ether oxygens (including phenoxy) is 2. The van der Waals surface area contributed by atoms with E-state index in [0.717, 1.165) is 0 Å². The zero-order valence-electron chi connectivity index (χ0n) is 12.6. The second-order valence-electron chi connectivity index (χ2n) is 5.62. The first-order valence-electron chi connectivity index (χ1n) is 6.85. The van der Waals surface area contributed by atoms with Crippen LogP contribution < -0.4 is 5.73 Å². The number of imidazole rings is 1. The van der Waals surface area contributed by atoms with E-state index in [4.69, 9.17) is 15.2 Å². The van der Waals surface area contributed by atoms with Gasteiger partial charge in [0.05, 0.1) is 23.2 Å². The first-order chi connectivity index (χ1) is 10.4. The third-order valence-electron chi connectivity index (χ3n) is 4.64. The Hall–Kier alpha value is -1.59. The third kappa shape index (κ3) is 1.75. The van der Waals surface area contributed by atoms with Crippen LogP contribution in [0.5, 0.6) is 0 Å². The standard InChI is InChI=1S/C12H19N5O4Si/c1-11(20-2)8(19)6(3-18)21-12(11,22)17-5-16-7-9(13)14-4-15-10(7)17/h4-6,8,18-19H,3H2,1-2,22H3,(H2,13,14,15)/t6-,8-,11-,12+/m1/s1. The van der Waals surface area contributed by atoms with Gasteiger partial charge < -0.3 is 25.4 Å². The Kier molecular flexibility index (Phi) is 3.45. The minimum absolute atomic E-state index is 0.269. The van der Waals surface area contributed by atoms with Crippen molar-refractivity contribution in [1.82, 2.24) is 19.5 Å². The van der Waals surface area contributed by atoms with Crippen molar-refractivity contribution in [3.05, 3.63) is 12.7 Å². The fourth-order valence-corrected chi connectivity index (χ4v) is 4.14. The fourth-order valence-electron chi connectivity index (χ4n) is 3.01. The van der Waals surface area contributed by atoms with E-state index in [2.05, 4.69) is 15.0 Å². The third-order valence-corrected chi connectivity index (χ3v) is 6.35. The number of anilines is 1. The van der Waals surface area contributed by atoms with Crippen LogP contribution in [-0.2, 0) is 14.8 Å². The van der Waals surface area contributed by atoms with Crippen LogP contribution in [0.15, 0.2) is 12.7 Å². The summed E-state index contributed by atoms with van der Waals surface area (Å²) >= 11 is 0. The van der Waals surface area contributed by atoms with Crippen LogP contribution in [0.1, 0.15) is 6.92 Å². The summed E-state index contributed by atoms with van der Waals surface area (Å²) in [5.41, 5.74) is 5.72. The monoisotopic (exact) mass is 325 g/mol. The van der Waals surface area contributed by atoms with E-state index in [1.807, 2.05) is 0 Å². The fraction of sp³-hybridized carbons (Fsp3) is 0.583. The number of methoxy groups -OCH3 is 1. The molecule has 2 aromatic heterocycles. The molecule has 4 atom stereocenters. The maximum Gasteiger partial charge on any atom is 0.167 e. The number of aliphatic hydroxyl groups is 2. The molecule has 2 aromatic rings. The first-order valence-corrected chi connectivity index (χ1v) is 7.85. The van der Waals surface area contributed by atoms with Crippen LogP contribution in [0.25, 0.3) is 11.2 Å². The lowest BCUT2D eigenvalue weighted by Crippen LogP contribution is -2.57. The van der Waals surface area contributed by atoms with Gasteiger partial charge in [0, 0.05) is 7.11 Å². The molecule has 10 heteroatoms. The highest BCUT2D eigenvalue weighted by Gasteiger charge is 2.62. The van der Waals surface area contributed by atoms with Crippen molar-refractivity contribution in [3.63, 3.8) is 0 Å². The second kappa shape index (κ2) is 4.96. The van der Waals surface area contributed by atoms with Gasteiger partial charge in [0.1, 0.15) is 29.7 Å². The van der Waals surface area contributed by atoms with Crippen LogP contribution in [0.4, 0.5) is 5.82 Å². The Bertz CT molecular complexity index is 712. The Morgan fingerprint density at radius 1 is 1.50 bits per heavy atom. The van der Waals surface area contributed by atoms with Crippen molar-refractivity contribution in [3.8, 4) is 0 Å². The molecule has 0 amide bonds. The second-order valence-corrected chi connectivity index (χ2v) is 6.98. The van der Waals surface area contributed by atoms with Crippen LogP contribution >= 0.6 is 0 Å². The van der Waals surface area contributed by atoms with E-state index in [9.17, 15) is 10.2 Å². The summed E-state index contributed by atoms with van der Waals surface area (Å²) in [5, 5.41) is 18.9. The van der Waals surface area contributed by atoms with Gasteiger partial charge in [-0.2, -0.15) is 0 Å². The molecule has 0 aromatic carbocycles. The van der Waals surface area contributed by atoms with Crippen LogP contribution in [0.2, 0.25) is 0 Å². The lowest BCUT2D eigenvalue weighted by Gasteiger charge is -2.40. The number of fused-ring (bicyclic) bond motifs is 1. The molecule has 0 saturated carbocycles. The highest BCUT2D eigenvalue weighted by atomic mass is 28.1. The maximum atomic E-state index is 10.5. The highest BCUT2D eigenvalue weighted by Crippen LogP contribution is 2.44. The lowest BCUT2D eigenvalue weighted by molar-refractivity contribution is -0.147. The summed E-state index contributed by atoms with van der Waals surface area (Å²) in [6.07, 6.45) is 1.16. The molecule has 120 valence electrons. The zero-order valence-corrected chi connectivity index (χ0v) is 14.6. The van der Waals surface area contributed by atoms with Gasteiger partial charge >= 0.3 is 0 Å². The molecule has 3 rings (SSSR count). The average Bonchev–Trinajstić information content (AvgIpc) is 3.03. The van der Waals surface area contributed by atoms with Crippen molar-refractivity contribution in [2.75, 3.05) is 19.5 Å². The van der Waals surface area contributed by atoms with Gasteiger partial charge in [0.15, 0.2) is 16.8 Å². The normalized spacial score (nSPS) is 35.5. The molecule has 0 bridgehead atoms. The average molecular weight is 325 g/mol. The van der Waals surface area contributed by atoms with E-state index < -0.39 is 23.2 Å². The van der Waals surface area contributed by atoms with Crippen LogP contribution in [0, 0.1) is 0 Å². The number of aliphatic hydroxyl groups excluding tert-OH is 2. The predicted molar refractivity (Wildman–Crippen MR) is 81.0 cm³/mol. The molecule has 0 spiro atoms. The summed E-state index contributed by atoms with van der Waals surface area (Å²) in [6.45, 7) is 1.44. The first kappa shape index (κ1) is 15.3. The number of hydrogen-bond acceptors (Lipinski definition) is 8. The topological polar surface area (TPSA) is 129 Å². The van der Waals surface area contributed by atoms with E-state index in [1.54, 1.807) is 17.8 Å². The summed E-state index contributed by atoms with van der Waals surface area (Å²) in [5.74, 6) is 0.269. The van der Waals surface area contributed by atoms with E-state index >= 15 is 0 Å². The zero-order chi connectivity index (χ0) is 16.1. The van der Waals surface area contributed by atoms with E-state index in [1.165, 1.54) is 13.4 Å². The molecule has 1 saturated heterocycles. The molecule has 3 heterocycles. The SMILES string of the molecule is CO[C@]1(C)[C@H](O)[C@@H](CO)O[C@@]1([SiH3])n1cnc2c(N)ncnc21. The number of nitrogen functional groups attached to an aromatic ring is 1. The molecule has 0 aliphatic carbocycles. The molecular formula is C12H19N5O4Si. The van der Waals surface area contributed by atoms with Gasteiger partial charge in [0.25, 0.3) is 0 Å². The number of rotatable bonds is 3. The molecule has 0 unspecified atom stereocenters. The highest BCUT2D eigenvalue weighted by molar-refractivity contribution is 6.14. The number of aromatic nitrogens is 4.